The quantitative estimate of drug-likeness (QED) is 0.825. The summed E-state index contributed by atoms with van der Waals surface area (Å²) in [5.74, 6) is -3.40. The zero-order valence-electron chi connectivity index (χ0n) is 8.84. The Labute approximate surface area is 91.9 Å². The lowest BCUT2D eigenvalue weighted by Gasteiger charge is -2.25. The summed E-state index contributed by atoms with van der Waals surface area (Å²) in [6.07, 6.45) is 0.0444. The molecule has 0 spiro atoms. The van der Waals surface area contributed by atoms with E-state index in [4.69, 9.17) is 10.8 Å². The molecule has 0 fully saturated rings. The fraction of sp³-hybridized carbons (Fsp3) is 0.364. The highest BCUT2D eigenvalue weighted by molar-refractivity contribution is 5.80. The van der Waals surface area contributed by atoms with E-state index in [0.29, 0.717) is 0 Å². The Kier molecular flexibility index (Phi) is 3.59. The molecule has 88 valence electrons. The van der Waals surface area contributed by atoms with E-state index in [2.05, 4.69) is 0 Å². The number of hydrogen-bond acceptors (Lipinski definition) is 2. The molecule has 3 N–H and O–H groups in total. The summed E-state index contributed by atoms with van der Waals surface area (Å²) in [4.78, 5) is 11.1. The molecule has 1 atom stereocenters. The van der Waals surface area contributed by atoms with Crippen molar-refractivity contribution in [2.45, 2.75) is 18.8 Å². The van der Waals surface area contributed by atoms with Crippen molar-refractivity contribution in [3.63, 3.8) is 0 Å². The Morgan fingerprint density at radius 2 is 2.12 bits per heavy atom. The summed E-state index contributed by atoms with van der Waals surface area (Å²) in [7, 11) is 0. The van der Waals surface area contributed by atoms with Crippen molar-refractivity contribution in [3.05, 3.63) is 35.4 Å². The van der Waals surface area contributed by atoms with E-state index in [0.717, 1.165) is 6.07 Å². The first-order valence-electron chi connectivity index (χ1n) is 4.81. The molecule has 1 rings (SSSR count). The highest BCUT2D eigenvalue weighted by atomic mass is 19.2. The van der Waals surface area contributed by atoms with Crippen LogP contribution in [0, 0.1) is 11.6 Å². The number of carbonyl (C=O) groups is 1. The predicted octanol–water partition coefficient (Wildman–Crippen LogP) is 1.66. The molecule has 0 saturated heterocycles. The van der Waals surface area contributed by atoms with Crippen LogP contribution in [0.15, 0.2) is 18.2 Å². The molecule has 0 aliphatic rings. The number of hydrogen-bond donors (Lipinski definition) is 2. The first-order valence-corrected chi connectivity index (χ1v) is 4.81. The standard InChI is InChI=1S/C11H13F2NO2/c1-11(5-6-14,10(15)16)7-3-2-4-8(12)9(7)13/h2-4H,5-6,14H2,1H3,(H,15,16). The van der Waals surface area contributed by atoms with E-state index in [1.54, 1.807) is 0 Å². The number of nitrogens with two attached hydrogens (primary N) is 1. The van der Waals surface area contributed by atoms with Gasteiger partial charge >= 0.3 is 5.97 Å². The molecule has 3 nitrogen and oxygen atoms in total. The van der Waals surface area contributed by atoms with E-state index in [1.807, 2.05) is 0 Å². The smallest absolute Gasteiger partial charge is 0.313 e. The Balaban J connectivity index is 3.32. The molecule has 1 aromatic carbocycles. The predicted molar refractivity (Wildman–Crippen MR) is 55.0 cm³/mol. The minimum absolute atomic E-state index is 0.0444. The van der Waals surface area contributed by atoms with Crippen LogP contribution in [0.4, 0.5) is 8.78 Å². The molecule has 0 amide bonds. The average Bonchev–Trinajstić information content (AvgIpc) is 2.22. The highest BCUT2D eigenvalue weighted by Gasteiger charge is 2.37. The zero-order chi connectivity index (χ0) is 12.3. The van der Waals surface area contributed by atoms with Crippen LogP contribution in [0.25, 0.3) is 0 Å². The molecule has 0 aliphatic carbocycles. The molecule has 0 radical (unpaired) electrons. The summed E-state index contributed by atoms with van der Waals surface area (Å²) >= 11 is 0. The van der Waals surface area contributed by atoms with Gasteiger partial charge in [0.2, 0.25) is 0 Å². The van der Waals surface area contributed by atoms with Crippen LogP contribution < -0.4 is 5.73 Å². The van der Waals surface area contributed by atoms with Crippen LogP contribution >= 0.6 is 0 Å². The van der Waals surface area contributed by atoms with Gasteiger partial charge in [-0.15, -0.1) is 0 Å². The Morgan fingerprint density at radius 3 is 2.62 bits per heavy atom. The first kappa shape index (κ1) is 12.6. The maximum atomic E-state index is 13.5. The molecule has 0 aliphatic heterocycles. The summed E-state index contributed by atoms with van der Waals surface area (Å²) < 4.78 is 26.5. The molecule has 0 aromatic heterocycles. The highest BCUT2D eigenvalue weighted by Crippen LogP contribution is 2.30. The first-order chi connectivity index (χ1) is 7.43. The van der Waals surface area contributed by atoms with Gasteiger partial charge in [0, 0.05) is 5.56 Å². The number of aliphatic carboxylic acids is 1. The number of rotatable bonds is 4. The van der Waals surface area contributed by atoms with E-state index in [9.17, 15) is 13.6 Å². The Hall–Kier alpha value is -1.49. The maximum Gasteiger partial charge on any atom is 0.313 e. The van der Waals surface area contributed by atoms with Crippen molar-refractivity contribution in [2.75, 3.05) is 6.54 Å². The average molecular weight is 229 g/mol. The number of benzene rings is 1. The summed E-state index contributed by atoms with van der Waals surface area (Å²) in [5, 5.41) is 9.09. The van der Waals surface area contributed by atoms with Gasteiger partial charge in [0.15, 0.2) is 11.6 Å². The third-order valence-electron chi connectivity index (χ3n) is 2.66. The molecule has 16 heavy (non-hydrogen) atoms. The molecule has 0 heterocycles. The summed E-state index contributed by atoms with van der Waals surface area (Å²) in [6, 6.07) is 3.50. The molecule has 0 bridgehead atoms. The largest absolute Gasteiger partial charge is 0.481 e. The second-order valence-corrected chi connectivity index (χ2v) is 3.78. The maximum absolute atomic E-state index is 13.5. The van der Waals surface area contributed by atoms with Crippen LogP contribution in [0.1, 0.15) is 18.9 Å². The number of carboxylic acids is 1. The van der Waals surface area contributed by atoms with Gasteiger partial charge in [-0.3, -0.25) is 4.79 Å². The molecular formula is C11H13F2NO2. The van der Waals surface area contributed by atoms with Gasteiger partial charge in [0.25, 0.3) is 0 Å². The third-order valence-corrected chi connectivity index (χ3v) is 2.66. The van der Waals surface area contributed by atoms with Crippen LogP contribution in [0.3, 0.4) is 0 Å². The lowest BCUT2D eigenvalue weighted by Crippen LogP contribution is -2.35. The van der Waals surface area contributed by atoms with Crippen molar-refractivity contribution >= 4 is 5.97 Å². The molecule has 1 aromatic rings. The minimum atomic E-state index is -1.50. The van der Waals surface area contributed by atoms with Gasteiger partial charge in [-0.25, -0.2) is 8.78 Å². The third kappa shape index (κ3) is 2.04. The number of carboxylic acid groups (broad SMARTS) is 1. The lowest BCUT2D eigenvalue weighted by molar-refractivity contribution is -0.143. The SMILES string of the molecule is CC(CCN)(C(=O)O)c1cccc(F)c1F. The van der Waals surface area contributed by atoms with Gasteiger partial charge < -0.3 is 10.8 Å². The zero-order valence-corrected chi connectivity index (χ0v) is 8.84. The van der Waals surface area contributed by atoms with Crippen molar-refractivity contribution in [2.24, 2.45) is 5.73 Å². The molecular weight excluding hydrogens is 216 g/mol. The van der Waals surface area contributed by atoms with E-state index in [-0.39, 0.29) is 18.5 Å². The summed E-state index contributed by atoms with van der Waals surface area (Å²) in [6.45, 7) is 1.42. The van der Waals surface area contributed by atoms with Gasteiger partial charge in [-0.1, -0.05) is 12.1 Å². The minimum Gasteiger partial charge on any atom is -0.481 e. The Morgan fingerprint density at radius 1 is 1.50 bits per heavy atom. The van der Waals surface area contributed by atoms with Crippen molar-refractivity contribution < 1.29 is 18.7 Å². The topological polar surface area (TPSA) is 63.3 Å². The Bertz CT molecular complexity index is 409. The van der Waals surface area contributed by atoms with E-state index >= 15 is 0 Å². The van der Waals surface area contributed by atoms with Crippen LogP contribution in [-0.4, -0.2) is 17.6 Å². The lowest BCUT2D eigenvalue weighted by atomic mass is 9.79. The monoisotopic (exact) mass is 229 g/mol. The van der Waals surface area contributed by atoms with Crippen LogP contribution in [-0.2, 0) is 10.2 Å². The van der Waals surface area contributed by atoms with E-state index in [1.165, 1.54) is 19.1 Å². The summed E-state index contributed by atoms with van der Waals surface area (Å²) in [5.41, 5.74) is 3.62. The van der Waals surface area contributed by atoms with Gasteiger partial charge in [-0.05, 0) is 26.0 Å². The second-order valence-electron chi connectivity index (χ2n) is 3.78. The van der Waals surface area contributed by atoms with Gasteiger partial charge in [0.1, 0.15) is 0 Å². The van der Waals surface area contributed by atoms with Crippen molar-refractivity contribution in [3.8, 4) is 0 Å². The van der Waals surface area contributed by atoms with Crippen LogP contribution in [0.5, 0.6) is 0 Å². The fourth-order valence-corrected chi connectivity index (χ4v) is 1.58. The molecule has 0 saturated carbocycles. The van der Waals surface area contributed by atoms with Gasteiger partial charge in [-0.2, -0.15) is 0 Å². The van der Waals surface area contributed by atoms with Crippen molar-refractivity contribution in [1.82, 2.24) is 0 Å². The normalized spacial score (nSPS) is 14.5. The molecule has 1 unspecified atom stereocenters. The van der Waals surface area contributed by atoms with Gasteiger partial charge in [0.05, 0.1) is 5.41 Å². The molecule has 5 heteroatoms. The van der Waals surface area contributed by atoms with E-state index < -0.39 is 23.0 Å². The second kappa shape index (κ2) is 4.57. The van der Waals surface area contributed by atoms with Crippen molar-refractivity contribution in [1.29, 1.82) is 0 Å². The fourth-order valence-electron chi connectivity index (χ4n) is 1.58. The van der Waals surface area contributed by atoms with Crippen LogP contribution in [0.2, 0.25) is 0 Å². The number of halogens is 2.